The first-order chi connectivity index (χ1) is 22.6. The third-order valence-electron chi connectivity index (χ3n) is 8.00. The Morgan fingerprint density at radius 3 is 2.15 bits per heavy atom. The highest BCUT2D eigenvalue weighted by Gasteiger charge is 2.13. The molecular formula is C38H42FN3O3S. The number of nitrogens with zero attached hydrogens (tertiary/aromatic N) is 3. The van der Waals surface area contributed by atoms with Crippen molar-refractivity contribution in [3.63, 3.8) is 0 Å². The summed E-state index contributed by atoms with van der Waals surface area (Å²) in [7, 11) is 0. The van der Waals surface area contributed by atoms with E-state index in [-0.39, 0.29) is 5.82 Å². The molecule has 5 rings (SSSR count). The maximum atomic E-state index is 13.5. The number of azo groups is 1. The van der Waals surface area contributed by atoms with Gasteiger partial charge >= 0.3 is 5.97 Å². The van der Waals surface area contributed by atoms with E-state index in [0.29, 0.717) is 39.0 Å². The van der Waals surface area contributed by atoms with Crippen LogP contribution in [0.2, 0.25) is 0 Å². The molecule has 0 aliphatic heterocycles. The molecule has 4 aromatic carbocycles. The Balaban J connectivity index is 1.08. The Hall–Kier alpha value is -4.17. The van der Waals surface area contributed by atoms with Crippen LogP contribution in [0.5, 0.6) is 11.5 Å². The Morgan fingerprint density at radius 1 is 0.761 bits per heavy atom. The number of ether oxygens (including phenoxy) is 2. The molecule has 46 heavy (non-hydrogen) atoms. The molecule has 0 N–H and O–H groups in total. The summed E-state index contributed by atoms with van der Waals surface area (Å²) in [5.74, 6) is 0.416. The second-order valence-electron chi connectivity index (χ2n) is 11.6. The van der Waals surface area contributed by atoms with Crippen molar-refractivity contribution in [1.29, 1.82) is 0 Å². The van der Waals surface area contributed by atoms with E-state index in [1.165, 1.54) is 94.1 Å². The maximum absolute atomic E-state index is 13.5. The van der Waals surface area contributed by atoms with E-state index in [1.807, 2.05) is 36.4 Å². The van der Waals surface area contributed by atoms with Crippen molar-refractivity contribution in [2.75, 3.05) is 6.61 Å². The zero-order valence-electron chi connectivity index (χ0n) is 26.6. The van der Waals surface area contributed by atoms with Gasteiger partial charge in [0.05, 0.1) is 28.1 Å². The van der Waals surface area contributed by atoms with E-state index in [2.05, 4.69) is 22.1 Å². The van der Waals surface area contributed by atoms with Gasteiger partial charge in [0.1, 0.15) is 17.3 Å². The second-order valence-corrected chi connectivity index (χ2v) is 12.6. The van der Waals surface area contributed by atoms with E-state index in [1.54, 1.807) is 30.3 Å². The number of rotatable bonds is 18. The highest BCUT2D eigenvalue weighted by Crippen LogP contribution is 2.36. The largest absolute Gasteiger partial charge is 0.494 e. The molecule has 5 aromatic rings. The first-order valence-corrected chi connectivity index (χ1v) is 17.4. The molecule has 0 saturated heterocycles. The number of aromatic nitrogens is 1. The maximum Gasteiger partial charge on any atom is 0.343 e. The van der Waals surface area contributed by atoms with Gasteiger partial charge in [-0.3, -0.25) is 0 Å². The van der Waals surface area contributed by atoms with Gasteiger partial charge in [-0.25, -0.2) is 14.2 Å². The lowest BCUT2D eigenvalue weighted by molar-refractivity contribution is 0.0737. The molecular weight excluding hydrogens is 598 g/mol. The molecule has 0 saturated carbocycles. The van der Waals surface area contributed by atoms with E-state index in [4.69, 9.17) is 9.47 Å². The van der Waals surface area contributed by atoms with Crippen LogP contribution in [0.1, 0.15) is 94.3 Å². The van der Waals surface area contributed by atoms with Crippen molar-refractivity contribution < 1.29 is 18.7 Å². The van der Waals surface area contributed by atoms with Crippen molar-refractivity contribution in [3.8, 4) is 11.5 Å². The van der Waals surface area contributed by atoms with Crippen molar-refractivity contribution in [2.24, 2.45) is 10.2 Å². The van der Waals surface area contributed by atoms with Gasteiger partial charge in [-0.15, -0.1) is 10.2 Å². The smallest absolute Gasteiger partial charge is 0.343 e. The fourth-order valence-electron chi connectivity index (χ4n) is 5.44. The van der Waals surface area contributed by atoms with E-state index in [9.17, 15) is 9.18 Å². The molecule has 0 aliphatic carbocycles. The fraction of sp³-hybridized carbons (Fsp3) is 0.368. The summed E-state index contributed by atoms with van der Waals surface area (Å²) in [6.07, 6.45) is 15.7. The van der Waals surface area contributed by atoms with Crippen LogP contribution in [-0.4, -0.2) is 17.6 Å². The van der Waals surface area contributed by atoms with Crippen LogP contribution >= 0.6 is 11.3 Å². The van der Waals surface area contributed by atoms with Crippen LogP contribution in [0, 0.1) is 5.82 Å². The number of thiazole rings is 1. The van der Waals surface area contributed by atoms with Crippen molar-refractivity contribution in [2.45, 2.75) is 84.0 Å². The van der Waals surface area contributed by atoms with Gasteiger partial charge in [0, 0.05) is 10.8 Å². The molecule has 0 radical (unpaired) electrons. The van der Waals surface area contributed by atoms with Gasteiger partial charge in [-0.1, -0.05) is 113 Å². The van der Waals surface area contributed by atoms with Gasteiger partial charge in [-0.2, -0.15) is 0 Å². The third kappa shape index (κ3) is 9.66. The fourth-order valence-corrected chi connectivity index (χ4v) is 6.25. The minimum Gasteiger partial charge on any atom is -0.494 e. The topological polar surface area (TPSA) is 73.1 Å². The number of hydrogen-bond donors (Lipinski definition) is 0. The van der Waals surface area contributed by atoms with Crippen LogP contribution in [0.4, 0.5) is 15.2 Å². The van der Waals surface area contributed by atoms with Gasteiger partial charge in [-0.05, 0) is 61.0 Å². The summed E-state index contributed by atoms with van der Waals surface area (Å²) in [6.45, 7) is 2.94. The highest BCUT2D eigenvalue weighted by atomic mass is 32.1. The standard InChI is InChI=1S/C38H42FN3O3S/c1-2-3-4-5-6-7-8-9-10-11-12-15-26-44-30-21-18-28(19-22-30)37(43)45-35-25-24-33(31-16-13-14-17-32(31)35)41-42-38-40-34-23-20-29(39)27-36(34)46-38/h13-14,16-25,27H,2-12,15,26H2,1H3. The average Bonchev–Trinajstić information content (AvgIpc) is 3.48. The lowest BCUT2D eigenvalue weighted by Gasteiger charge is -2.10. The minimum absolute atomic E-state index is 0.315. The first kappa shape index (κ1) is 33.2. The molecule has 0 atom stereocenters. The molecule has 0 bridgehead atoms. The average molecular weight is 640 g/mol. The first-order valence-electron chi connectivity index (χ1n) is 16.6. The van der Waals surface area contributed by atoms with Crippen molar-refractivity contribution >= 4 is 49.1 Å². The summed E-state index contributed by atoms with van der Waals surface area (Å²) in [6, 6.07) is 22.6. The lowest BCUT2D eigenvalue weighted by Crippen LogP contribution is -2.08. The zero-order valence-corrected chi connectivity index (χ0v) is 27.4. The Kier molecular flexibility index (Phi) is 12.6. The highest BCUT2D eigenvalue weighted by molar-refractivity contribution is 7.21. The number of fused-ring (bicyclic) bond motifs is 2. The summed E-state index contributed by atoms with van der Waals surface area (Å²) < 4.78 is 26.0. The molecule has 0 fully saturated rings. The molecule has 0 spiro atoms. The molecule has 8 heteroatoms. The number of carbonyl (C=O) groups is 1. The number of esters is 1. The Labute approximate surface area is 274 Å². The van der Waals surface area contributed by atoms with Gasteiger partial charge in [0.2, 0.25) is 5.13 Å². The number of unbranched alkanes of at least 4 members (excludes halogenated alkanes) is 11. The normalized spacial score (nSPS) is 11.5. The van der Waals surface area contributed by atoms with E-state index < -0.39 is 5.97 Å². The summed E-state index contributed by atoms with van der Waals surface area (Å²) in [5.41, 5.74) is 1.72. The molecule has 0 aliphatic rings. The summed E-state index contributed by atoms with van der Waals surface area (Å²) >= 11 is 1.27. The Morgan fingerprint density at radius 2 is 1.43 bits per heavy atom. The SMILES string of the molecule is CCCCCCCCCCCCCCOc1ccc(C(=O)Oc2ccc(N=Nc3nc4ccc(F)cc4s3)c3ccccc23)cc1. The van der Waals surface area contributed by atoms with E-state index >= 15 is 0 Å². The number of halogens is 1. The van der Waals surface area contributed by atoms with Gasteiger partial charge < -0.3 is 9.47 Å². The van der Waals surface area contributed by atoms with Crippen LogP contribution in [0.3, 0.4) is 0 Å². The molecule has 0 unspecified atom stereocenters. The minimum atomic E-state index is -0.450. The molecule has 6 nitrogen and oxygen atoms in total. The van der Waals surface area contributed by atoms with Gasteiger partial charge in [0.15, 0.2) is 0 Å². The monoisotopic (exact) mass is 639 g/mol. The predicted molar refractivity (Wildman–Crippen MR) is 186 cm³/mol. The quantitative estimate of drug-likeness (QED) is 0.0414. The molecule has 1 aromatic heterocycles. The lowest BCUT2D eigenvalue weighted by atomic mass is 10.1. The van der Waals surface area contributed by atoms with Gasteiger partial charge in [0.25, 0.3) is 0 Å². The number of carbonyl (C=O) groups excluding carboxylic acids is 1. The molecule has 0 amide bonds. The van der Waals surface area contributed by atoms with Crippen LogP contribution in [0.25, 0.3) is 21.0 Å². The van der Waals surface area contributed by atoms with Crippen molar-refractivity contribution in [3.05, 3.63) is 90.2 Å². The van der Waals surface area contributed by atoms with E-state index in [0.717, 1.165) is 22.9 Å². The molecule has 1 heterocycles. The molecule has 240 valence electrons. The number of hydrogen-bond acceptors (Lipinski definition) is 7. The summed E-state index contributed by atoms with van der Waals surface area (Å²) in [5, 5.41) is 10.6. The third-order valence-corrected chi connectivity index (χ3v) is 8.91. The zero-order chi connectivity index (χ0) is 32.0. The second kappa shape index (κ2) is 17.5. The van der Waals surface area contributed by atoms with Crippen LogP contribution in [0.15, 0.2) is 89.1 Å². The Bertz CT molecular complexity index is 1740. The van der Waals surface area contributed by atoms with Crippen LogP contribution < -0.4 is 9.47 Å². The van der Waals surface area contributed by atoms with Crippen LogP contribution in [-0.2, 0) is 0 Å². The predicted octanol–water partition coefficient (Wildman–Crippen LogP) is 12.3. The number of benzene rings is 4. The summed E-state index contributed by atoms with van der Waals surface area (Å²) in [4.78, 5) is 17.4. The van der Waals surface area contributed by atoms with Crippen molar-refractivity contribution in [1.82, 2.24) is 4.98 Å².